The topological polar surface area (TPSA) is 72.5 Å². The quantitative estimate of drug-likeness (QED) is 0.760. The van der Waals surface area contributed by atoms with Crippen molar-refractivity contribution in [3.05, 3.63) is 29.8 Å². The minimum absolute atomic E-state index is 0.516. The molecule has 4 heteroatoms. The van der Waals surface area contributed by atoms with Crippen LogP contribution >= 0.6 is 0 Å². The Balaban J connectivity index is 2.79. The van der Waals surface area contributed by atoms with Gasteiger partial charge < -0.3 is 15.6 Å². The molecule has 0 aliphatic rings. The fraction of sp³-hybridized carbons (Fsp3) is 0.364. The molecule has 0 heterocycles. The molecule has 15 heavy (non-hydrogen) atoms. The maximum atomic E-state index is 10.6. The average molecular weight is 209 g/mol. The minimum atomic E-state index is -0.974. The molecule has 0 aliphatic carbocycles. The smallest absolute Gasteiger partial charge is 0.344 e. The number of hydrogen-bond acceptors (Lipinski definition) is 3. The summed E-state index contributed by atoms with van der Waals surface area (Å²) in [5, 5.41) is 8.71. The molecule has 0 aromatic heterocycles. The van der Waals surface area contributed by atoms with Crippen molar-refractivity contribution in [2.75, 3.05) is 6.54 Å². The largest absolute Gasteiger partial charge is 0.479 e. The van der Waals surface area contributed by atoms with Crippen molar-refractivity contribution in [1.29, 1.82) is 0 Å². The van der Waals surface area contributed by atoms with Crippen LogP contribution in [-0.2, 0) is 11.2 Å². The minimum Gasteiger partial charge on any atom is -0.479 e. The summed E-state index contributed by atoms with van der Waals surface area (Å²) in [4.78, 5) is 10.6. The fourth-order valence-corrected chi connectivity index (χ4v) is 1.22. The average Bonchev–Trinajstić information content (AvgIpc) is 2.21. The van der Waals surface area contributed by atoms with Crippen LogP contribution in [0.5, 0.6) is 5.75 Å². The lowest BCUT2D eigenvalue weighted by Gasteiger charge is -2.13. The molecule has 1 aromatic rings. The summed E-state index contributed by atoms with van der Waals surface area (Å²) in [5.74, 6) is -0.379. The van der Waals surface area contributed by atoms with Gasteiger partial charge in [-0.2, -0.15) is 0 Å². The fourth-order valence-electron chi connectivity index (χ4n) is 1.22. The van der Waals surface area contributed by atoms with Gasteiger partial charge in [0.25, 0.3) is 0 Å². The molecule has 0 fully saturated rings. The molecule has 1 aromatic carbocycles. The van der Waals surface area contributed by atoms with Crippen LogP contribution in [0.1, 0.15) is 12.5 Å². The Hall–Kier alpha value is -1.55. The van der Waals surface area contributed by atoms with Crippen LogP contribution < -0.4 is 10.5 Å². The number of nitrogens with two attached hydrogens (primary N) is 1. The monoisotopic (exact) mass is 209 g/mol. The molecule has 1 atom stereocenters. The third-order valence-electron chi connectivity index (χ3n) is 2.04. The Morgan fingerprint density at radius 1 is 1.53 bits per heavy atom. The number of rotatable bonds is 5. The summed E-state index contributed by atoms with van der Waals surface area (Å²) in [7, 11) is 0. The number of hydrogen-bond donors (Lipinski definition) is 2. The lowest BCUT2D eigenvalue weighted by molar-refractivity contribution is -0.144. The van der Waals surface area contributed by atoms with Gasteiger partial charge in [0.15, 0.2) is 6.10 Å². The second-order valence-corrected chi connectivity index (χ2v) is 3.24. The molecule has 1 rings (SSSR count). The number of aliphatic carboxylic acids is 1. The van der Waals surface area contributed by atoms with Crippen molar-refractivity contribution in [3.63, 3.8) is 0 Å². The summed E-state index contributed by atoms with van der Waals surface area (Å²) >= 11 is 0. The van der Waals surface area contributed by atoms with Crippen molar-refractivity contribution in [1.82, 2.24) is 0 Å². The lowest BCUT2D eigenvalue weighted by Crippen LogP contribution is -2.23. The van der Waals surface area contributed by atoms with E-state index in [0.29, 0.717) is 18.7 Å². The van der Waals surface area contributed by atoms with E-state index in [4.69, 9.17) is 15.6 Å². The third-order valence-corrected chi connectivity index (χ3v) is 2.04. The van der Waals surface area contributed by atoms with Crippen LogP contribution in [0.15, 0.2) is 24.3 Å². The highest BCUT2D eigenvalue weighted by Crippen LogP contribution is 2.19. The normalized spacial score (nSPS) is 12.1. The maximum absolute atomic E-state index is 10.6. The molecule has 0 aliphatic heterocycles. The van der Waals surface area contributed by atoms with Gasteiger partial charge in [0.2, 0.25) is 0 Å². The van der Waals surface area contributed by atoms with Gasteiger partial charge in [0, 0.05) is 0 Å². The van der Waals surface area contributed by atoms with Crippen LogP contribution in [0, 0.1) is 0 Å². The third kappa shape index (κ3) is 3.25. The summed E-state index contributed by atoms with van der Waals surface area (Å²) in [6, 6.07) is 7.33. The zero-order valence-electron chi connectivity index (χ0n) is 8.64. The molecular formula is C11H15NO3. The van der Waals surface area contributed by atoms with Crippen molar-refractivity contribution < 1.29 is 14.6 Å². The predicted molar refractivity (Wildman–Crippen MR) is 56.9 cm³/mol. The van der Waals surface area contributed by atoms with Crippen LogP contribution in [0.4, 0.5) is 0 Å². The first-order chi connectivity index (χ1) is 7.15. The molecule has 0 radical (unpaired) electrons. The molecule has 1 unspecified atom stereocenters. The van der Waals surface area contributed by atoms with Crippen LogP contribution in [0.2, 0.25) is 0 Å². The molecule has 0 spiro atoms. The van der Waals surface area contributed by atoms with Crippen LogP contribution in [0.3, 0.4) is 0 Å². The van der Waals surface area contributed by atoms with E-state index in [9.17, 15) is 4.79 Å². The number of para-hydroxylation sites is 1. The van der Waals surface area contributed by atoms with E-state index in [0.717, 1.165) is 5.56 Å². The summed E-state index contributed by atoms with van der Waals surface area (Å²) in [5.41, 5.74) is 6.39. The number of carboxylic acid groups (broad SMARTS) is 1. The number of carboxylic acids is 1. The second-order valence-electron chi connectivity index (χ2n) is 3.24. The first-order valence-electron chi connectivity index (χ1n) is 4.82. The molecule has 0 bridgehead atoms. The van der Waals surface area contributed by atoms with E-state index >= 15 is 0 Å². The van der Waals surface area contributed by atoms with Gasteiger partial charge in [0.05, 0.1) is 0 Å². The van der Waals surface area contributed by atoms with E-state index in [-0.39, 0.29) is 0 Å². The van der Waals surface area contributed by atoms with Gasteiger partial charge in [-0.3, -0.25) is 0 Å². The van der Waals surface area contributed by atoms with Crippen LogP contribution in [-0.4, -0.2) is 23.7 Å². The molecule has 0 saturated heterocycles. The summed E-state index contributed by atoms with van der Waals surface area (Å²) in [6.45, 7) is 2.02. The van der Waals surface area contributed by atoms with E-state index < -0.39 is 12.1 Å². The summed E-state index contributed by atoms with van der Waals surface area (Å²) in [6.07, 6.45) is -0.161. The zero-order valence-corrected chi connectivity index (χ0v) is 8.64. The highest BCUT2D eigenvalue weighted by Gasteiger charge is 2.13. The van der Waals surface area contributed by atoms with Crippen molar-refractivity contribution >= 4 is 5.97 Å². The Morgan fingerprint density at radius 3 is 2.80 bits per heavy atom. The molecule has 0 amide bonds. The van der Waals surface area contributed by atoms with Gasteiger partial charge in [-0.25, -0.2) is 4.79 Å². The first-order valence-corrected chi connectivity index (χ1v) is 4.82. The van der Waals surface area contributed by atoms with Gasteiger partial charge in [0.1, 0.15) is 5.75 Å². The van der Waals surface area contributed by atoms with Gasteiger partial charge >= 0.3 is 5.97 Å². The van der Waals surface area contributed by atoms with Crippen molar-refractivity contribution in [2.45, 2.75) is 19.4 Å². The standard InChI is InChI=1S/C11H15NO3/c1-8(11(13)14)15-10-5-3-2-4-9(10)6-7-12/h2-5,8H,6-7,12H2,1H3,(H,13,14). The van der Waals surface area contributed by atoms with Crippen molar-refractivity contribution in [2.24, 2.45) is 5.73 Å². The maximum Gasteiger partial charge on any atom is 0.344 e. The molecular weight excluding hydrogens is 194 g/mol. The SMILES string of the molecule is CC(Oc1ccccc1CCN)C(=O)O. The van der Waals surface area contributed by atoms with Crippen LogP contribution in [0.25, 0.3) is 0 Å². The number of carbonyl (C=O) groups is 1. The van der Waals surface area contributed by atoms with Gasteiger partial charge in [-0.05, 0) is 31.5 Å². The Labute approximate surface area is 88.7 Å². The van der Waals surface area contributed by atoms with Gasteiger partial charge in [-0.1, -0.05) is 18.2 Å². The first kappa shape index (κ1) is 11.5. The molecule has 0 saturated carbocycles. The Bertz CT molecular complexity index is 338. The Kier molecular flexibility index (Phi) is 4.12. The van der Waals surface area contributed by atoms with E-state index in [1.165, 1.54) is 6.92 Å². The van der Waals surface area contributed by atoms with Gasteiger partial charge in [-0.15, -0.1) is 0 Å². The zero-order chi connectivity index (χ0) is 11.3. The predicted octanol–water partition coefficient (Wildman–Crippen LogP) is 1.04. The molecule has 82 valence electrons. The van der Waals surface area contributed by atoms with E-state index in [1.807, 2.05) is 18.2 Å². The lowest BCUT2D eigenvalue weighted by atomic mass is 10.1. The van der Waals surface area contributed by atoms with Crippen molar-refractivity contribution in [3.8, 4) is 5.75 Å². The highest BCUT2D eigenvalue weighted by atomic mass is 16.5. The van der Waals surface area contributed by atoms with E-state index in [1.54, 1.807) is 6.07 Å². The number of ether oxygens (including phenoxy) is 1. The number of benzene rings is 1. The Morgan fingerprint density at radius 2 is 2.20 bits per heavy atom. The summed E-state index contributed by atoms with van der Waals surface area (Å²) < 4.78 is 5.30. The molecule has 4 nitrogen and oxygen atoms in total. The van der Waals surface area contributed by atoms with E-state index in [2.05, 4.69) is 0 Å². The molecule has 3 N–H and O–H groups in total. The second kappa shape index (κ2) is 5.36. The highest BCUT2D eigenvalue weighted by molar-refractivity contribution is 5.72.